The van der Waals surface area contributed by atoms with Gasteiger partial charge in [0.1, 0.15) is 5.60 Å². The predicted molar refractivity (Wildman–Crippen MR) is 61.8 cm³/mol. The zero-order chi connectivity index (χ0) is 12.6. The molecule has 0 aliphatic carbocycles. The van der Waals surface area contributed by atoms with Gasteiger partial charge in [0, 0.05) is 13.0 Å². The molecule has 0 aliphatic heterocycles. The molecular formula is C11H22N2O3. The van der Waals surface area contributed by atoms with Crippen LogP contribution in [0.5, 0.6) is 0 Å². The zero-order valence-corrected chi connectivity index (χ0v) is 10.3. The summed E-state index contributed by atoms with van der Waals surface area (Å²) in [5, 5.41) is 2.64. The highest BCUT2D eigenvalue weighted by atomic mass is 16.6. The Morgan fingerprint density at radius 1 is 1.25 bits per heavy atom. The van der Waals surface area contributed by atoms with Crippen molar-refractivity contribution in [1.29, 1.82) is 0 Å². The molecule has 5 heteroatoms. The molecular weight excluding hydrogens is 208 g/mol. The molecule has 0 aliphatic rings. The Morgan fingerprint density at radius 3 is 2.38 bits per heavy atom. The Kier molecular flexibility index (Phi) is 6.72. The van der Waals surface area contributed by atoms with Crippen LogP contribution in [0, 0.1) is 0 Å². The topological polar surface area (TPSA) is 81.4 Å². The van der Waals surface area contributed by atoms with Crippen molar-refractivity contribution < 1.29 is 14.3 Å². The highest BCUT2D eigenvalue weighted by Crippen LogP contribution is 2.07. The average molecular weight is 230 g/mol. The standard InChI is InChI=1S/C11H22N2O3/c1-11(2,3)16-10(15)6-8-13-9(14)5-4-7-12/h4-8,12H2,1-3H3,(H,13,14). The average Bonchev–Trinajstić information content (AvgIpc) is 2.11. The van der Waals surface area contributed by atoms with Crippen LogP contribution < -0.4 is 11.1 Å². The van der Waals surface area contributed by atoms with Gasteiger partial charge in [0.15, 0.2) is 0 Å². The van der Waals surface area contributed by atoms with E-state index in [-0.39, 0.29) is 18.3 Å². The SMILES string of the molecule is CC(C)(C)OC(=O)CCNC(=O)CCCN. The Hall–Kier alpha value is -1.10. The first kappa shape index (κ1) is 14.9. The summed E-state index contributed by atoms with van der Waals surface area (Å²) < 4.78 is 5.09. The van der Waals surface area contributed by atoms with E-state index in [0.717, 1.165) is 0 Å². The monoisotopic (exact) mass is 230 g/mol. The molecule has 5 nitrogen and oxygen atoms in total. The van der Waals surface area contributed by atoms with E-state index in [2.05, 4.69) is 5.32 Å². The molecule has 0 rings (SSSR count). The zero-order valence-electron chi connectivity index (χ0n) is 10.3. The molecule has 0 unspecified atom stereocenters. The van der Waals surface area contributed by atoms with Crippen molar-refractivity contribution >= 4 is 11.9 Å². The second-order valence-corrected chi connectivity index (χ2v) is 4.58. The van der Waals surface area contributed by atoms with Gasteiger partial charge < -0.3 is 15.8 Å². The maximum atomic E-state index is 11.3. The molecule has 0 saturated carbocycles. The first-order chi connectivity index (χ1) is 7.35. The van der Waals surface area contributed by atoms with Gasteiger partial charge in [0.25, 0.3) is 0 Å². The summed E-state index contributed by atoms with van der Waals surface area (Å²) in [5.41, 5.74) is 4.80. The van der Waals surface area contributed by atoms with Crippen LogP contribution in [0.4, 0.5) is 0 Å². The number of carbonyl (C=O) groups is 2. The van der Waals surface area contributed by atoms with E-state index in [4.69, 9.17) is 10.5 Å². The number of nitrogens with one attached hydrogen (secondary N) is 1. The first-order valence-electron chi connectivity index (χ1n) is 5.54. The molecule has 0 atom stereocenters. The van der Waals surface area contributed by atoms with Crippen molar-refractivity contribution in [1.82, 2.24) is 5.32 Å². The Labute approximate surface area is 96.7 Å². The van der Waals surface area contributed by atoms with E-state index in [1.807, 2.05) is 20.8 Å². The van der Waals surface area contributed by atoms with Gasteiger partial charge in [0.2, 0.25) is 5.91 Å². The van der Waals surface area contributed by atoms with E-state index < -0.39 is 5.60 Å². The second kappa shape index (κ2) is 7.22. The lowest BCUT2D eigenvalue weighted by Gasteiger charge is -2.19. The molecule has 1 amide bonds. The number of esters is 1. The lowest BCUT2D eigenvalue weighted by atomic mass is 10.2. The molecule has 94 valence electrons. The van der Waals surface area contributed by atoms with E-state index in [1.54, 1.807) is 0 Å². The molecule has 0 spiro atoms. The fraction of sp³-hybridized carbons (Fsp3) is 0.818. The third-order valence-corrected chi connectivity index (χ3v) is 1.68. The van der Waals surface area contributed by atoms with Gasteiger partial charge in [-0.3, -0.25) is 9.59 Å². The van der Waals surface area contributed by atoms with Crippen LogP contribution in [0.1, 0.15) is 40.0 Å². The van der Waals surface area contributed by atoms with Crippen molar-refractivity contribution in [2.45, 2.75) is 45.6 Å². The normalized spacial score (nSPS) is 11.0. The van der Waals surface area contributed by atoms with Crippen LogP contribution in [0.15, 0.2) is 0 Å². The van der Waals surface area contributed by atoms with Crippen LogP contribution in [-0.4, -0.2) is 30.6 Å². The molecule has 0 bridgehead atoms. The quantitative estimate of drug-likeness (QED) is 0.654. The van der Waals surface area contributed by atoms with Crippen molar-refractivity contribution in [2.24, 2.45) is 5.73 Å². The molecule has 0 aromatic heterocycles. The van der Waals surface area contributed by atoms with Gasteiger partial charge in [-0.05, 0) is 33.7 Å². The van der Waals surface area contributed by atoms with Crippen LogP contribution >= 0.6 is 0 Å². The van der Waals surface area contributed by atoms with Gasteiger partial charge in [-0.25, -0.2) is 0 Å². The number of amides is 1. The van der Waals surface area contributed by atoms with Gasteiger partial charge in [-0.1, -0.05) is 0 Å². The number of nitrogens with two attached hydrogens (primary N) is 1. The van der Waals surface area contributed by atoms with Crippen LogP contribution in [0.2, 0.25) is 0 Å². The molecule has 0 aromatic rings. The molecule has 3 N–H and O–H groups in total. The smallest absolute Gasteiger partial charge is 0.308 e. The summed E-state index contributed by atoms with van der Waals surface area (Å²) in [6.07, 6.45) is 1.27. The van der Waals surface area contributed by atoms with Gasteiger partial charge in [-0.15, -0.1) is 0 Å². The van der Waals surface area contributed by atoms with E-state index >= 15 is 0 Å². The molecule has 0 aromatic carbocycles. The van der Waals surface area contributed by atoms with Crippen molar-refractivity contribution in [3.05, 3.63) is 0 Å². The summed E-state index contributed by atoms with van der Waals surface area (Å²) in [5.74, 6) is -0.374. The summed E-state index contributed by atoms with van der Waals surface area (Å²) in [6, 6.07) is 0. The van der Waals surface area contributed by atoms with Gasteiger partial charge in [0.05, 0.1) is 6.42 Å². The highest BCUT2D eigenvalue weighted by Gasteiger charge is 2.15. The van der Waals surface area contributed by atoms with Gasteiger partial charge in [-0.2, -0.15) is 0 Å². The van der Waals surface area contributed by atoms with Crippen molar-refractivity contribution in [2.75, 3.05) is 13.1 Å². The molecule has 16 heavy (non-hydrogen) atoms. The van der Waals surface area contributed by atoms with Crippen LogP contribution in [0.3, 0.4) is 0 Å². The summed E-state index contributed by atoms with van der Waals surface area (Å²) >= 11 is 0. The van der Waals surface area contributed by atoms with E-state index in [0.29, 0.717) is 25.9 Å². The number of rotatable bonds is 6. The minimum Gasteiger partial charge on any atom is -0.460 e. The van der Waals surface area contributed by atoms with E-state index in [1.165, 1.54) is 0 Å². The predicted octanol–water partition coefficient (Wildman–Crippen LogP) is 0.573. The molecule has 0 heterocycles. The Morgan fingerprint density at radius 2 is 1.88 bits per heavy atom. The maximum absolute atomic E-state index is 11.3. The van der Waals surface area contributed by atoms with E-state index in [9.17, 15) is 9.59 Å². The maximum Gasteiger partial charge on any atom is 0.308 e. The second-order valence-electron chi connectivity index (χ2n) is 4.58. The first-order valence-corrected chi connectivity index (χ1v) is 5.54. The summed E-state index contributed by atoms with van der Waals surface area (Å²) in [6.45, 7) is 6.25. The third kappa shape index (κ3) is 9.45. The lowest BCUT2D eigenvalue weighted by molar-refractivity contribution is -0.154. The number of ether oxygens (including phenoxy) is 1. The minimum absolute atomic E-state index is 0.0750. The highest BCUT2D eigenvalue weighted by molar-refractivity contribution is 5.77. The molecule has 0 saturated heterocycles. The third-order valence-electron chi connectivity index (χ3n) is 1.68. The fourth-order valence-corrected chi connectivity index (χ4v) is 1.05. The van der Waals surface area contributed by atoms with Crippen LogP contribution in [0.25, 0.3) is 0 Å². The Balaban J connectivity index is 3.58. The largest absolute Gasteiger partial charge is 0.460 e. The van der Waals surface area contributed by atoms with Crippen molar-refractivity contribution in [3.8, 4) is 0 Å². The lowest BCUT2D eigenvalue weighted by Crippen LogP contribution is -2.29. The van der Waals surface area contributed by atoms with Crippen molar-refractivity contribution in [3.63, 3.8) is 0 Å². The molecule has 0 radical (unpaired) electrons. The van der Waals surface area contributed by atoms with Gasteiger partial charge >= 0.3 is 5.97 Å². The summed E-state index contributed by atoms with van der Waals surface area (Å²) in [7, 11) is 0. The number of hydrogen-bond donors (Lipinski definition) is 2. The van der Waals surface area contributed by atoms with Crippen LogP contribution in [-0.2, 0) is 14.3 Å². The summed E-state index contributed by atoms with van der Waals surface area (Å²) in [4.78, 5) is 22.4. The Bertz CT molecular complexity index is 234. The fourth-order valence-electron chi connectivity index (χ4n) is 1.05. The minimum atomic E-state index is -0.472. The number of hydrogen-bond acceptors (Lipinski definition) is 4. The molecule has 0 fully saturated rings. The number of carbonyl (C=O) groups excluding carboxylic acids is 2.